The molecular formula is C12H21NO4. The van der Waals surface area contributed by atoms with E-state index in [0.29, 0.717) is 19.4 Å². The van der Waals surface area contributed by atoms with E-state index in [2.05, 4.69) is 5.32 Å². The van der Waals surface area contributed by atoms with Crippen molar-refractivity contribution in [2.75, 3.05) is 13.7 Å². The zero-order valence-electron chi connectivity index (χ0n) is 10.5. The van der Waals surface area contributed by atoms with Crippen molar-refractivity contribution in [1.82, 2.24) is 5.32 Å². The van der Waals surface area contributed by atoms with Crippen LogP contribution in [0.5, 0.6) is 0 Å². The van der Waals surface area contributed by atoms with Gasteiger partial charge in [0.15, 0.2) is 0 Å². The summed E-state index contributed by atoms with van der Waals surface area (Å²) in [6.45, 7) is 2.48. The minimum Gasteiger partial charge on any atom is -0.481 e. The normalized spacial score (nSPS) is 19.2. The van der Waals surface area contributed by atoms with Crippen molar-refractivity contribution in [3.8, 4) is 0 Å². The summed E-state index contributed by atoms with van der Waals surface area (Å²) < 4.78 is 4.92. The second-order valence-corrected chi connectivity index (χ2v) is 4.87. The van der Waals surface area contributed by atoms with Gasteiger partial charge >= 0.3 is 5.97 Å². The molecule has 0 radical (unpaired) electrons. The first kappa shape index (κ1) is 14.0. The highest BCUT2D eigenvalue weighted by Gasteiger charge is 2.45. The Morgan fingerprint density at radius 3 is 2.53 bits per heavy atom. The highest BCUT2D eigenvalue weighted by atomic mass is 16.5. The molecule has 1 unspecified atom stereocenters. The molecule has 0 aromatic carbocycles. The molecule has 1 amide bonds. The molecule has 2 N–H and O–H groups in total. The number of carbonyl (C=O) groups excluding carboxylic acids is 1. The molecule has 1 aliphatic carbocycles. The summed E-state index contributed by atoms with van der Waals surface area (Å²) in [5.74, 6) is -1.01. The maximum atomic E-state index is 11.7. The predicted octanol–water partition coefficient (Wildman–Crippen LogP) is 1.17. The third-order valence-corrected chi connectivity index (χ3v) is 3.43. The molecule has 1 aliphatic rings. The second kappa shape index (κ2) is 6.00. The number of aliphatic carboxylic acids is 1. The summed E-state index contributed by atoms with van der Waals surface area (Å²) in [6.07, 6.45) is 2.96. The zero-order valence-corrected chi connectivity index (χ0v) is 10.5. The van der Waals surface area contributed by atoms with Crippen molar-refractivity contribution >= 4 is 11.9 Å². The van der Waals surface area contributed by atoms with E-state index in [0.717, 1.165) is 12.8 Å². The summed E-state index contributed by atoms with van der Waals surface area (Å²) in [5, 5.41) is 11.9. The summed E-state index contributed by atoms with van der Waals surface area (Å²) in [7, 11) is 1.61. The lowest BCUT2D eigenvalue weighted by molar-refractivity contribution is -0.157. The number of carboxylic acids is 1. The first-order chi connectivity index (χ1) is 8.00. The van der Waals surface area contributed by atoms with Crippen LogP contribution >= 0.6 is 0 Å². The first-order valence-electron chi connectivity index (χ1n) is 6.02. The Hall–Kier alpha value is -1.10. The van der Waals surface area contributed by atoms with Crippen LogP contribution in [0.1, 0.15) is 39.0 Å². The van der Waals surface area contributed by atoms with E-state index >= 15 is 0 Å². The Balaban J connectivity index is 2.36. The van der Waals surface area contributed by atoms with Crippen LogP contribution in [0, 0.1) is 5.41 Å². The second-order valence-electron chi connectivity index (χ2n) is 4.87. The number of rotatable bonds is 7. The van der Waals surface area contributed by atoms with Crippen molar-refractivity contribution < 1.29 is 19.4 Å². The Kier molecular flexibility index (Phi) is 4.93. The molecule has 5 heteroatoms. The SMILES string of the molecule is COCCC(C)NC(=O)CC1(C(=O)O)CCC1. The van der Waals surface area contributed by atoms with E-state index in [9.17, 15) is 9.59 Å². The highest BCUT2D eigenvalue weighted by Crippen LogP contribution is 2.44. The zero-order chi connectivity index (χ0) is 12.9. The van der Waals surface area contributed by atoms with Gasteiger partial charge in [-0.25, -0.2) is 0 Å². The van der Waals surface area contributed by atoms with Gasteiger partial charge in [0.05, 0.1) is 5.41 Å². The molecule has 1 saturated carbocycles. The van der Waals surface area contributed by atoms with Gasteiger partial charge in [0.25, 0.3) is 0 Å². The molecule has 0 heterocycles. The summed E-state index contributed by atoms with van der Waals surface area (Å²) in [5.41, 5.74) is -0.801. The third kappa shape index (κ3) is 3.70. The van der Waals surface area contributed by atoms with Gasteiger partial charge in [-0.2, -0.15) is 0 Å². The van der Waals surface area contributed by atoms with Gasteiger partial charge < -0.3 is 15.2 Å². The van der Waals surface area contributed by atoms with Crippen LogP contribution in [0.25, 0.3) is 0 Å². The van der Waals surface area contributed by atoms with Gasteiger partial charge in [-0.05, 0) is 26.2 Å². The molecule has 17 heavy (non-hydrogen) atoms. The quantitative estimate of drug-likeness (QED) is 0.704. The van der Waals surface area contributed by atoms with Gasteiger partial charge in [-0.1, -0.05) is 6.42 Å². The first-order valence-corrected chi connectivity index (χ1v) is 6.02. The van der Waals surface area contributed by atoms with E-state index < -0.39 is 11.4 Å². The topological polar surface area (TPSA) is 75.6 Å². The Labute approximate surface area is 102 Å². The number of carboxylic acid groups (broad SMARTS) is 1. The van der Waals surface area contributed by atoms with Gasteiger partial charge in [-0.15, -0.1) is 0 Å². The van der Waals surface area contributed by atoms with Crippen molar-refractivity contribution in [3.05, 3.63) is 0 Å². The fourth-order valence-corrected chi connectivity index (χ4v) is 2.07. The average molecular weight is 243 g/mol. The summed E-state index contributed by atoms with van der Waals surface area (Å²) >= 11 is 0. The molecule has 98 valence electrons. The molecule has 5 nitrogen and oxygen atoms in total. The summed E-state index contributed by atoms with van der Waals surface area (Å²) in [6, 6.07) is 0.0216. The van der Waals surface area contributed by atoms with Gasteiger partial charge in [-0.3, -0.25) is 9.59 Å². The van der Waals surface area contributed by atoms with E-state index in [1.807, 2.05) is 6.92 Å². The smallest absolute Gasteiger partial charge is 0.310 e. The Morgan fingerprint density at radius 1 is 1.47 bits per heavy atom. The van der Waals surface area contributed by atoms with Crippen LogP contribution < -0.4 is 5.32 Å². The van der Waals surface area contributed by atoms with Crippen molar-refractivity contribution in [3.63, 3.8) is 0 Å². The minimum atomic E-state index is -0.844. The van der Waals surface area contributed by atoms with E-state index in [1.54, 1.807) is 7.11 Å². The molecule has 1 fully saturated rings. The average Bonchev–Trinajstić information content (AvgIpc) is 2.19. The van der Waals surface area contributed by atoms with Crippen LogP contribution in [0.15, 0.2) is 0 Å². The number of nitrogens with one attached hydrogen (secondary N) is 1. The molecule has 1 atom stereocenters. The number of hydrogen-bond acceptors (Lipinski definition) is 3. The Bertz CT molecular complexity index is 286. The molecule has 0 aliphatic heterocycles. The summed E-state index contributed by atoms with van der Waals surface area (Å²) in [4.78, 5) is 22.8. The lowest BCUT2D eigenvalue weighted by Gasteiger charge is -2.37. The van der Waals surface area contributed by atoms with E-state index in [1.165, 1.54) is 0 Å². The number of methoxy groups -OCH3 is 1. The lowest BCUT2D eigenvalue weighted by atomic mass is 9.66. The predicted molar refractivity (Wildman–Crippen MR) is 62.6 cm³/mol. The maximum absolute atomic E-state index is 11.7. The monoisotopic (exact) mass is 243 g/mol. The molecule has 0 saturated heterocycles. The largest absolute Gasteiger partial charge is 0.481 e. The molecule has 0 bridgehead atoms. The van der Waals surface area contributed by atoms with Gasteiger partial charge in [0.1, 0.15) is 0 Å². The van der Waals surface area contributed by atoms with Crippen molar-refractivity contribution in [2.24, 2.45) is 5.41 Å². The number of hydrogen-bond donors (Lipinski definition) is 2. The van der Waals surface area contributed by atoms with Crippen LogP contribution in [0.2, 0.25) is 0 Å². The van der Waals surface area contributed by atoms with E-state index in [-0.39, 0.29) is 18.4 Å². The third-order valence-electron chi connectivity index (χ3n) is 3.43. The van der Waals surface area contributed by atoms with Crippen LogP contribution in [0.4, 0.5) is 0 Å². The van der Waals surface area contributed by atoms with Gasteiger partial charge in [0, 0.05) is 26.2 Å². The standard InChI is InChI=1S/C12H21NO4/c1-9(4-7-17-2)13-10(14)8-12(11(15)16)5-3-6-12/h9H,3-8H2,1-2H3,(H,13,14)(H,15,16). The Morgan fingerprint density at radius 2 is 2.12 bits per heavy atom. The van der Waals surface area contributed by atoms with Crippen LogP contribution in [-0.4, -0.2) is 36.7 Å². The molecule has 0 aromatic rings. The molecule has 0 spiro atoms. The lowest BCUT2D eigenvalue weighted by Crippen LogP contribution is -2.44. The molecular weight excluding hydrogens is 222 g/mol. The van der Waals surface area contributed by atoms with Crippen LogP contribution in [0.3, 0.4) is 0 Å². The fourth-order valence-electron chi connectivity index (χ4n) is 2.07. The van der Waals surface area contributed by atoms with Gasteiger partial charge in [0.2, 0.25) is 5.91 Å². The van der Waals surface area contributed by atoms with Crippen molar-refractivity contribution in [2.45, 2.75) is 45.1 Å². The van der Waals surface area contributed by atoms with E-state index in [4.69, 9.17) is 9.84 Å². The number of ether oxygens (including phenoxy) is 1. The number of carbonyl (C=O) groups is 2. The minimum absolute atomic E-state index is 0.0216. The molecule has 1 rings (SSSR count). The molecule has 0 aromatic heterocycles. The highest BCUT2D eigenvalue weighted by molar-refractivity contribution is 5.85. The fraction of sp³-hybridized carbons (Fsp3) is 0.833. The maximum Gasteiger partial charge on any atom is 0.310 e. The number of amides is 1. The van der Waals surface area contributed by atoms with Crippen molar-refractivity contribution in [1.29, 1.82) is 0 Å². The van der Waals surface area contributed by atoms with Crippen LogP contribution in [-0.2, 0) is 14.3 Å².